The lowest BCUT2D eigenvalue weighted by Crippen LogP contribution is -2.37. The largest absolute Gasteiger partial charge is 0.249 e. The molecule has 0 saturated heterocycles. The first-order valence-corrected chi connectivity index (χ1v) is 23.1. The second kappa shape index (κ2) is 15.6. The van der Waals surface area contributed by atoms with Crippen molar-refractivity contribution in [2.24, 2.45) is 0 Å². The maximum Gasteiger partial charge on any atom is 0.106 e. The molecule has 0 atom stereocenters. The third-order valence-corrected chi connectivity index (χ3v) is 15.0. The molecule has 2 aliphatic rings. The van der Waals surface area contributed by atoms with Crippen molar-refractivity contribution in [3.63, 3.8) is 0 Å². The fraction of sp³-hybridized carbons (Fsp3) is 0.0167. The molecule has 2 aliphatic heterocycles. The van der Waals surface area contributed by atoms with Gasteiger partial charge in [0.05, 0.1) is 5.41 Å². The van der Waals surface area contributed by atoms with Gasteiger partial charge in [-0.15, -0.1) is 0 Å². The number of benzene rings is 9. The number of nitrogens with zero attached hydrogens (tertiary/aromatic N) is 1. The van der Waals surface area contributed by atoms with E-state index in [2.05, 4.69) is 231 Å². The lowest BCUT2D eigenvalue weighted by molar-refractivity contribution is 0.657. The standard InChI is InChI=1S/C60H39NS2/c1-5-19-40(20-6-1)47-39-48(41-21-7-2-8-22-41)56(44-25-11-4-12-26-44)57(55(47)43-23-9-3-10-24-43)45-36-34-42(35-37-45)46-27-17-30-51-58(46)63-59-52(31-18-38-61-59)60(51)49-28-13-15-32-53(49)62-54-33-16-14-29-50(54)60/h1-39H. The van der Waals surface area contributed by atoms with Gasteiger partial charge in [0, 0.05) is 26.4 Å². The van der Waals surface area contributed by atoms with Crippen molar-refractivity contribution in [1.82, 2.24) is 4.98 Å². The lowest BCUT2D eigenvalue weighted by Gasteiger charge is -2.45. The Labute approximate surface area is 377 Å². The zero-order valence-corrected chi connectivity index (χ0v) is 35.9. The highest BCUT2D eigenvalue weighted by molar-refractivity contribution is 8.00. The number of fused-ring (bicyclic) bond motifs is 8. The van der Waals surface area contributed by atoms with Gasteiger partial charge in [-0.3, -0.25) is 0 Å². The summed E-state index contributed by atoms with van der Waals surface area (Å²) in [5.41, 5.74) is 19.0. The van der Waals surface area contributed by atoms with Crippen LogP contribution in [-0.4, -0.2) is 4.98 Å². The quantitative estimate of drug-likeness (QED) is 0.166. The summed E-state index contributed by atoms with van der Waals surface area (Å²) in [5, 5.41) is 1.05. The van der Waals surface area contributed by atoms with Gasteiger partial charge in [-0.1, -0.05) is 230 Å². The van der Waals surface area contributed by atoms with Crippen LogP contribution >= 0.6 is 23.5 Å². The molecule has 1 nitrogen and oxygen atoms in total. The molecule has 0 saturated carbocycles. The van der Waals surface area contributed by atoms with Crippen molar-refractivity contribution in [3.05, 3.63) is 259 Å². The first-order valence-electron chi connectivity index (χ1n) is 21.4. The summed E-state index contributed by atoms with van der Waals surface area (Å²) in [6.45, 7) is 0. The molecular weight excluding hydrogens is 799 g/mol. The van der Waals surface area contributed by atoms with Crippen LogP contribution in [-0.2, 0) is 5.41 Å². The molecular formula is C60H39NS2. The van der Waals surface area contributed by atoms with Gasteiger partial charge < -0.3 is 0 Å². The number of hydrogen-bond acceptors (Lipinski definition) is 3. The second-order valence-electron chi connectivity index (χ2n) is 16.1. The molecule has 3 heteroatoms. The Morgan fingerprint density at radius 3 is 1.29 bits per heavy atom. The Hall–Kier alpha value is -7.17. The summed E-state index contributed by atoms with van der Waals surface area (Å²) < 4.78 is 0. The normalized spacial score (nSPS) is 13.1. The smallest absolute Gasteiger partial charge is 0.106 e. The zero-order valence-electron chi connectivity index (χ0n) is 34.3. The third kappa shape index (κ3) is 6.14. The Kier molecular flexibility index (Phi) is 9.32. The van der Waals surface area contributed by atoms with Gasteiger partial charge in [0.15, 0.2) is 0 Å². The van der Waals surface area contributed by atoms with E-state index >= 15 is 0 Å². The third-order valence-electron chi connectivity index (χ3n) is 12.7. The van der Waals surface area contributed by atoms with Crippen LogP contribution < -0.4 is 0 Å². The van der Waals surface area contributed by atoms with E-state index in [1.165, 1.54) is 104 Å². The van der Waals surface area contributed by atoms with Crippen LogP contribution in [0.5, 0.6) is 0 Å². The monoisotopic (exact) mass is 837 g/mol. The molecule has 0 bridgehead atoms. The maximum absolute atomic E-state index is 5.10. The van der Waals surface area contributed by atoms with Crippen LogP contribution in [0.2, 0.25) is 0 Å². The van der Waals surface area contributed by atoms with Gasteiger partial charge >= 0.3 is 0 Å². The summed E-state index contributed by atoms with van der Waals surface area (Å²) in [7, 11) is 0. The molecule has 63 heavy (non-hydrogen) atoms. The van der Waals surface area contributed by atoms with Gasteiger partial charge in [0.2, 0.25) is 0 Å². The van der Waals surface area contributed by atoms with E-state index in [1.807, 2.05) is 18.0 Å². The molecule has 0 aliphatic carbocycles. The predicted molar refractivity (Wildman–Crippen MR) is 263 cm³/mol. The van der Waals surface area contributed by atoms with Crippen LogP contribution in [0, 0.1) is 0 Å². The minimum atomic E-state index is -0.514. The first-order chi connectivity index (χ1) is 31.3. The zero-order chi connectivity index (χ0) is 41.7. The summed E-state index contributed by atoms with van der Waals surface area (Å²) in [5.74, 6) is 0. The van der Waals surface area contributed by atoms with Crippen molar-refractivity contribution in [1.29, 1.82) is 0 Å². The average molecular weight is 838 g/mol. The summed E-state index contributed by atoms with van der Waals surface area (Å²) >= 11 is 3.67. The number of rotatable bonds is 6. The van der Waals surface area contributed by atoms with E-state index in [0.29, 0.717) is 0 Å². The molecule has 1 spiro atoms. The molecule has 12 rings (SSSR count). The maximum atomic E-state index is 5.10. The highest BCUT2D eigenvalue weighted by Gasteiger charge is 2.49. The predicted octanol–water partition coefficient (Wildman–Crippen LogP) is 16.4. The van der Waals surface area contributed by atoms with Gasteiger partial charge in [0.25, 0.3) is 0 Å². The summed E-state index contributed by atoms with van der Waals surface area (Å²) in [6.07, 6.45) is 1.94. The van der Waals surface area contributed by atoms with Crippen LogP contribution in [0.1, 0.15) is 22.3 Å². The number of aromatic nitrogens is 1. The molecule has 0 radical (unpaired) electrons. The van der Waals surface area contributed by atoms with E-state index in [4.69, 9.17) is 4.98 Å². The molecule has 0 N–H and O–H groups in total. The lowest BCUT2D eigenvalue weighted by atomic mass is 9.64. The van der Waals surface area contributed by atoms with E-state index in [9.17, 15) is 0 Å². The van der Waals surface area contributed by atoms with Gasteiger partial charge in [-0.05, 0) is 108 Å². The van der Waals surface area contributed by atoms with Crippen molar-refractivity contribution >= 4 is 23.5 Å². The molecule has 1 aromatic heterocycles. The molecule has 10 aromatic rings. The van der Waals surface area contributed by atoms with E-state index in [-0.39, 0.29) is 0 Å². The van der Waals surface area contributed by atoms with Crippen molar-refractivity contribution in [2.45, 2.75) is 25.1 Å². The Morgan fingerprint density at radius 1 is 0.302 bits per heavy atom. The summed E-state index contributed by atoms with van der Waals surface area (Å²) in [6, 6.07) is 84.6. The minimum absolute atomic E-state index is 0.514. The van der Waals surface area contributed by atoms with E-state index < -0.39 is 5.41 Å². The molecule has 3 heterocycles. The molecule has 9 aromatic carbocycles. The summed E-state index contributed by atoms with van der Waals surface area (Å²) in [4.78, 5) is 8.93. The SMILES string of the molecule is c1ccc(-c2cc(-c3ccccc3)c(-c3ccccc3)c(-c3ccc(-c4cccc5c4Sc4ncccc4C54c5ccccc5Sc5ccccc54)cc3)c2-c2ccccc2)cc1. The van der Waals surface area contributed by atoms with Gasteiger partial charge in [-0.25, -0.2) is 4.98 Å². The number of hydrogen-bond donors (Lipinski definition) is 0. The Balaban J connectivity index is 1.11. The fourth-order valence-electron chi connectivity index (χ4n) is 10.0. The van der Waals surface area contributed by atoms with Crippen LogP contribution in [0.4, 0.5) is 0 Å². The Bertz CT molecular complexity index is 3140. The second-order valence-corrected chi connectivity index (χ2v) is 18.2. The molecule has 0 unspecified atom stereocenters. The van der Waals surface area contributed by atoms with Crippen molar-refractivity contribution < 1.29 is 0 Å². The van der Waals surface area contributed by atoms with Crippen LogP contribution in [0.3, 0.4) is 0 Å². The van der Waals surface area contributed by atoms with E-state index in [1.54, 1.807) is 11.8 Å². The van der Waals surface area contributed by atoms with Crippen LogP contribution in [0.25, 0.3) is 66.8 Å². The van der Waals surface area contributed by atoms with Gasteiger partial charge in [0.1, 0.15) is 5.03 Å². The Morgan fingerprint density at radius 2 is 0.730 bits per heavy atom. The molecule has 0 amide bonds. The van der Waals surface area contributed by atoms with Gasteiger partial charge in [-0.2, -0.15) is 0 Å². The van der Waals surface area contributed by atoms with Crippen LogP contribution in [0.15, 0.2) is 256 Å². The molecule has 0 fully saturated rings. The first kappa shape index (κ1) is 37.6. The molecule has 296 valence electrons. The van der Waals surface area contributed by atoms with Crippen molar-refractivity contribution in [2.75, 3.05) is 0 Å². The average Bonchev–Trinajstić information content (AvgIpc) is 3.36. The van der Waals surface area contributed by atoms with E-state index in [0.717, 1.165) is 5.03 Å². The highest BCUT2D eigenvalue weighted by Crippen LogP contribution is 2.62. The van der Waals surface area contributed by atoms with Crippen molar-refractivity contribution in [3.8, 4) is 66.8 Å². The highest BCUT2D eigenvalue weighted by atomic mass is 32.2. The topological polar surface area (TPSA) is 12.9 Å². The minimum Gasteiger partial charge on any atom is -0.249 e. The fourth-order valence-corrected chi connectivity index (χ4v) is 12.5. The number of pyridine rings is 1.